The minimum absolute atomic E-state index is 0.179. The molecule has 0 aliphatic heterocycles. The summed E-state index contributed by atoms with van der Waals surface area (Å²) in [6.45, 7) is 0.179. The van der Waals surface area contributed by atoms with Gasteiger partial charge in [-0.15, -0.1) is 11.8 Å². The number of aromatic nitrogens is 4. The Bertz CT molecular complexity index is 461. The van der Waals surface area contributed by atoms with Crippen LogP contribution in [0.5, 0.6) is 0 Å². The second kappa shape index (κ2) is 4.78. The number of aromatic amines is 1. The third kappa shape index (κ3) is 2.39. The van der Waals surface area contributed by atoms with Gasteiger partial charge in [-0.1, -0.05) is 0 Å². The van der Waals surface area contributed by atoms with Crippen molar-refractivity contribution < 1.29 is 5.11 Å². The fourth-order valence-electron chi connectivity index (χ4n) is 1.12. The van der Waals surface area contributed by atoms with Crippen LogP contribution in [0.3, 0.4) is 0 Å². The molecule has 2 rings (SSSR count). The Labute approximate surface area is 95.3 Å². The number of hydrogen-bond acceptors (Lipinski definition) is 5. The van der Waals surface area contributed by atoms with Crippen LogP contribution in [0.15, 0.2) is 11.4 Å². The first kappa shape index (κ1) is 10.7. The molecule has 5 nitrogen and oxygen atoms in total. The van der Waals surface area contributed by atoms with Crippen molar-refractivity contribution in [3.63, 3.8) is 0 Å². The van der Waals surface area contributed by atoms with E-state index in [1.54, 1.807) is 6.33 Å². The van der Waals surface area contributed by atoms with Crippen LogP contribution in [0.4, 0.5) is 0 Å². The molecule has 80 valence electrons. The molecular weight excluding hydrogens is 236 g/mol. The summed E-state index contributed by atoms with van der Waals surface area (Å²) in [5.74, 6) is 0.790. The Balaban J connectivity index is 2.27. The largest absolute Gasteiger partial charge is 0.396 e. The minimum Gasteiger partial charge on any atom is -0.396 e. The number of hydrogen-bond donors (Lipinski definition) is 2. The van der Waals surface area contributed by atoms with E-state index < -0.39 is 0 Å². The molecular formula is C8H9ClN4OS. The molecule has 0 fully saturated rings. The standard InChI is InChI=1S/C8H9ClN4OS/c9-8-12-6-5(10-4-11-6)7(13-8)15-3-1-2-14/h4,14H,1-3H2,(H,10,11,12,13). The first-order valence-corrected chi connectivity index (χ1v) is 5.78. The van der Waals surface area contributed by atoms with E-state index in [1.165, 1.54) is 11.8 Å². The molecule has 0 unspecified atom stereocenters. The maximum absolute atomic E-state index is 8.68. The Morgan fingerprint density at radius 2 is 2.33 bits per heavy atom. The lowest BCUT2D eigenvalue weighted by atomic mass is 10.5. The molecule has 2 aromatic heterocycles. The number of aliphatic hydroxyl groups excluding tert-OH is 1. The topological polar surface area (TPSA) is 74.7 Å². The van der Waals surface area contributed by atoms with E-state index >= 15 is 0 Å². The zero-order valence-corrected chi connectivity index (χ0v) is 9.35. The van der Waals surface area contributed by atoms with E-state index in [-0.39, 0.29) is 11.9 Å². The van der Waals surface area contributed by atoms with Gasteiger partial charge in [0.1, 0.15) is 10.5 Å². The SMILES string of the molecule is OCCCSc1nc(Cl)nc2nc[nH]c12. The van der Waals surface area contributed by atoms with Gasteiger partial charge in [0.25, 0.3) is 0 Å². The molecule has 2 aromatic rings. The summed E-state index contributed by atoms with van der Waals surface area (Å²) >= 11 is 7.28. The van der Waals surface area contributed by atoms with Gasteiger partial charge in [0.2, 0.25) is 5.28 Å². The van der Waals surface area contributed by atoms with E-state index in [4.69, 9.17) is 16.7 Å². The molecule has 15 heavy (non-hydrogen) atoms. The monoisotopic (exact) mass is 244 g/mol. The summed E-state index contributed by atoms with van der Waals surface area (Å²) in [6, 6.07) is 0. The first-order chi connectivity index (χ1) is 7.31. The molecule has 2 heterocycles. The molecule has 0 aromatic carbocycles. The molecule has 0 aliphatic rings. The van der Waals surface area contributed by atoms with Gasteiger partial charge in [-0.3, -0.25) is 0 Å². The second-order valence-corrected chi connectivity index (χ2v) is 4.25. The number of imidazole rings is 1. The van der Waals surface area contributed by atoms with Crippen LogP contribution >= 0.6 is 23.4 Å². The lowest BCUT2D eigenvalue weighted by Crippen LogP contribution is -1.91. The molecule has 2 N–H and O–H groups in total. The van der Waals surface area contributed by atoms with Gasteiger partial charge in [0, 0.05) is 12.4 Å². The number of nitrogens with one attached hydrogen (secondary N) is 1. The van der Waals surface area contributed by atoms with Crippen molar-refractivity contribution in [3.05, 3.63) is 11.6 Å². The van der Waals surface area contributed by atoms with Gasteiger partial charge in [-0.05, 0) is 18.0 Å². The van der Waals surface area contributed by atoms with Crippen LogP contribution in [0.25, 0.3) is 11.2 Å². The zero-order valence-electron chi connectivity index (χ0n) is 7.77. The fourth-order valence-corrected chi connectivity index (χ4v) is 2.25. The normalized spacial score (nSPS) is 11.1. The molecule has 0 atom stereocenters. The van der Waals surface area contributed by atoms with Crippen LogP contribution in [0.1, 0.15) is 6.42 Å². The zero-order chi connectivity index (χ0) is 10.7. The number of rotatable bonds is 4. The first-order valence-electron chi connectivity index (χ1n) is 4.41. The number of H-pyrrole nitrogens is 1. The van der Waals surface area contributed by atoms with Crippen LogP contribution in [-0.2, 0) is 0 Å². The van der Waals surface area contributed by atoms with Gasteiger partial charge in [-0.2, -0.15) is 4.98 Å². The highest BCUT2D eigenvalue weighted by molar-refractivity contribution is 7.99. The second-order valence-electron chi connectivity index (χ2n) is 2.82. The van der Waals surface area contributed by atoms with Crippen LogP contribution in [0, 0.1) is 0 Å². The molecule has 0 radical (unpaired) electrons. The number of fused-ring (bicyclic) bond motifs is 1. The molecule has 0 amide bonds. The van der Waals surface area contributed by atoms with Gasteiger partial charge < -0.3 is 10.1 Å². The van der Waals surface area contributed by atoms with Crippen molar-refractivity contribution in [1.82, 2.24) is 19.9 Å². The molecule has 0 spiro atoms. The summed E-state index contributed by atoms with van der Waals surface area (Å²) in [5, 5.41) is 9.65. The Hall–Kier alpha value is -0.850. The summed E-state index contributed by atoms with van der Waals surface area (Å²) in [6.07, 6.45) is 2.29. The van der Waals surface area contributed by atoms with Gasteiger partial charge in [0.05, 0.1) is 6.33 Å². The van der Waals surface area contributed by atoms with Crippen molar-refractivity contribution >= 4 is 34.5 Å². The number of aliphatic hydroxyl groups is 1. The van der Waals surface area contributed by atoms with Crippen LogP contribution < -0.4 is 0 Å². The average molecular weight is 245 g/mol. The van der Waals surface area contributed by atoms with Gasteiger partial charge in [0.15, 0.2) is 5.65 Å². The number of thioether (sulfide) groups is 1. The highest BCUT2D eigenvalue weighted by atomic mass is 35.5. The third-order valence-electron chi connectivity index (χ3n) is 1.77. The van der Waals surface area contributed by atoms with Crippen molar-refractivity contribution in [2.24, 2.45) is 0 Å². The van der Waals surface area contributed by atoms with E-state index in [9.17, 15) is 0 Å². The van der Waals surface area contributed by atoms with Crippen LogP contribution in [-0.4, -0.2) is 37.4 Å². The fraction of sp³-hybridized carbons (Fsp3) is 0.375. The van der Waals surface area contributed by atoms with Gasteiger partial charge in [-0.25, -0.2) is 9.97 Å². The summed E-state index contributed by atoms with van der Waals surface area (Å²) in [4.78, 5) is 15.1. The molecule has 0 bridgehead atoms. The Morgan fingerprint density at radius 3 is 3.13 bits per heavy atom. The highest BCUT2D eigenvalue weighted by Crippen LogP contribution is 2.24. The minimum atomic E-state index is 0.179. The Morgan fingerprint density at radius 1 is 1.47 bits per heavy atom. The van der Waals surface area contributed by atoms with E-state index in [2.05, 4.69) is 19.9 Å². The van der Waals surface area contributed by atoms with E-state index in [0.29, 0.717) is 5.65 Å². The predicted octanol–water partition coefficient (Wildman–Crippen LogP) is 1.48. The lowest BCUT2D eigenvalue weighted by molar-refractivity contribution is 0.296. The quantitative estimate of drug-likeness (QED) is 0.369. The highest BCUT2D eigenvalue weighted by Gasteiger charge is 2.08. The number of nitrogens with zero attached hydrogens (tertiary/aromatic N) is 3. The van der Waals surface area contributed by atoms with Crippen molar-refractivity contribution in [3.8, 4) is 0 Å². The number of halogens is 1. The van der Waals surface area contributed by atoms with Gasteiger partial charge >= 0.3 is 0 Å². The third-order valence-corrected chi connectivity index (χ3v) is 3.00. The summed E-state index contributed by atoms with van der Waals surface area (Å²) in [5.41, 5.74) is 1.36. The Kier molecular flexibility index (Phi) is 3.40. The van der Waals surface area contributed by atoms with Crippen molar-refractivity contribution in [2.45, 2.75) is 11.4 Å². The molecule has 7 heteroatoms. The maximum atomic E-state index is 8.68. The molecule has 0 saturated heterocycles. The van der Waals surface area contributed by atoms with E-state index in [1.807, 2.05) is 0 Å². The molecule has 0 saturated carbocycles. The predicted molar refractivity (Wildman–Crippen MR) is 59.1 cm³/mol. The van der Waals surface area contributed by atoms with Crippen molar-refractivity contribution in [2.75, 3.05) is 12.4 Å². The molecule has 0 aliphatic carbocycles. The summed E-state index contributed by atoms with van der Waals surface area (Å²) in [7, 11) is 0. The van der Waals surface area contributed by atoms with Crippen LogP contribution in [0.2, 0.25) is 5.28 Å². The van der Waals surface area contributed by atoms with E-state index in [0.717, 1.165) is 22.7 Å². The average Bonchev–Trinajstić information content (AvgIpc) is 2.65. The lowest BCUT2D eigenvalue weighted by Gasteiger charge is -2.00. The smallest absolute Gasteiger partial charge is 0.225 e. The summed E-state index contributed by atoms with van der Waals surface area (Å²) < 4.78 is 0. The van der Waals surface area contributed by atoms with Crippen molar-refractivity contribution in [1.29, 1.82) is 0 Å². The maximum Gasteiger partial charge on any atom is 0.225 e.